The van der Waals surface area contributed by atoms with Crippen molar-refractivity contribution in [2.24, 2.45) is 0 Å². The van der Waals surface area contributed by atoms with Gasteiger partial charge in [-0.1, -0.05) is 17.7 Å². The lowest BCUT2D eigenvalue weighted by Gasteiger charge is -2.01. The van der Waals surface area contributed by atoms with Crippen LogP contribution in [0.1, 0.15) is 18.7 Å². The lowest BCUT2D eigenvalue weighted by atomic mass is 10.2. The molecule has 1 atom stereocenters. The molecule has 0 bridgehead atoms. The summed E-state index contributed by atoms with van der Waals surface area (Å²) in [6.07, 6.45) is -0.543. The third-order valence-corrected chi connectivity index (χ3v) is 1.38. The molecule has 0 aliphatic rings. The maximum atomic E-state index is 9.03. The van der Waals surface area contributed by atoms with Gasteiger partial charge < -0.3 is 5.11 Å². The molecule has 1 N–H and O–H groups in total. The van der Waals surface area contributed by atoms with Gasteiger partial charge in [-0.05, 0) is 19.1 Å². The van der Waals surface area contributed by atoms with Gasteiger partial charge in [0.1, 0.15) is 5.15 Å². The van der Waals surface area contributed by atoms with Crippen molar-refractivity contribution in [2.45, 2.75) is 13.0 Å². The summed E-state index contributed by atoms with van der Waals surface area (Å²) in [6, 6.07) is 5.17. The predicted octanol–water partition coefficient (Wildman–Crippen LogP) is 1.79. The number of hydrogen-bond donors (Lipinski definition) is 1. The van der Waals surface area contributed by atoms with Crippen molar-refractivity contribution in [3.05, 3.63) is 29.0 Å². The molecule has 0 amide bonds. The van der Waals surface area contributed by atoms with E-state index < -0.39 is 6.10 Å². The zero-order chi connectivity index (χ0) is 7.56. The van der Waals surface area contributed by atoms with E-state index in [4.69, 9.17) is 16.7 Å². The number of halogens is 1. The smallest absolute Gasteiger partial charge is 0.129 e. The molecule has 3 heteroatoms. The summed E-state index contributed by atoms with van der Waals surface area (Å²) in [5.41, 5.74) is 0.604. The van der Waals surface area contributed by atoms with Gasteiger partial charge in [-0.2, -0.15) is 0 Å². The molecule has 0 unspecified atom stereocenters. The van der Waals surface area contributed by atoms with Crippen LogP contribution in [0.2, 0.25) is 5.15 Å². The maximum absolute atomic E-state index is 9.03. The molecule has 0 radical (unpaired) electrons. The fraction of sp³-hybridized carbons (Fsp3) is 0.286. The van der Waals surface area contributed by atoms with Gasteiger partial charge in [0.15, 0.2) is 0 Å². The van der Waals surface area contributed by atoms with Crippen LogP contribution in [0.25, 0.3) is 0 Å². The molecular formula is C7H8ClNO. The molecule has 0 saturated heterocycles. The summed E-state index contributed by atoms with van der Waals surface area (Å²) >= 11 is 5.57. The third kappa shape index (κ3) is 1.69. The minimum absolute atomic E-state index is 0.415. The van der Waals surface area contributed by atoms with E-state index in [1.807, 2.05) is 0 Å². The second kappa shape index (κ2) is 2.99. The summed E-state index contributed by atoms with van der Waals surface area (Å²) in [7, 11) is 0. The van der Waals surface area contributed by atoms with Crippen LogP contribution < -0.4 is 0 Å². The molecular weight excluding hydrogens is 150 g/mol. The van der Waals surface area contributed by atoms with Crippen LogP contribution in [-0.4, -0.2) is 10.1 Å². The molecule has 10 heavy (non-hydrogen) atoms. The van der Waals surface area contributed by atoms with Crippen LogP contribution in [0.3, 0.4) is 0 Å². The van der Waals surface area contributed by atoms with Gasteiger partial charge >= 0.3 is 0 Å². The van der Waals surface area contributed by atoms with Gasteiger partial charge in [0.05, 0.1) is 11.8 Å². The Morgan fingerprint density at radius 1 is 1.60 bits per heavy atom. The summed E-state index contributed by atoms with van der Waals surface area (Å²) in [5, 5.41) is 9.44. The van der Waals surface area contributed by atoms with Crippen molar-refractivity contribution in [3.63, 3.8) is 0 Å². The summed E-state index contributed by atoms with van der Waals surface area (Å²) in [4.78, 5) is 3.89. The van der Waals surface area contributed by atoms with E-state index >= 15 is 0 Å². The second-order valence-electron chi connectivity index (χ2n) is 2.06. The zero-order valence-corrected chi connectivity index (χ0v) is 6.34. The molecule has 0 aromatic carbocycles. The van der Waals surface area contributed by atoms with Crippen molar-refractivity contribution in [2.75, 3.05) is 0 Å². The van der Waals surface area contributed by atoms with Gasteiger partial charge in [-0.15, -0.1) is 0 Å². The monoisotopic (exact) mass is 157 g/mol. The quantitative estimate of drug-likeness (QED) is 0.631. The minimum atomic E-state index is -0.543. The number of aromatic nitrogens is 1. The average Bonchev–Trinajstić information content (AvgIpc) is 1.88. The van der Waals surface area contributed by atoms with Gasteiger partial charge in [-0.3, -0.25) is 0 Å². The normalized spacial score (nSPS) is 13.1. The topological polar surface area (TPSA) is 33.1 Å². The summed E-state index contributed by atoms with van der Waals surface area (Å²) in [5.74, 6) is 0. The summed E-state index contributed by atoms with van der Waals surface area (Å²) < 4.78 is 0. The first-order valence-electron chi connectivity index (χ1n) is 3.00. The van der Waals surface area contributed by atoms with Crippen molar-refractivity contribution in [1.82, 2.24) is 4.98 Å². The number of pyridine rings is 1. The van der Waals surface area contributed by atoms with E-state index in [1.165, 1.54) is 0 Å². The van der Waals surface area contributed by atoms with Crippen molar-refractivity contribution >= 4 is 11.6 Å². The molecule has 1 rings (SSSR count). The van der Waals surface area contributed by atoms with Gasteiger partial charge in [0.25, 0.3) is 0 Å². The van der Waals surface area contributed by atoms with Crippen LogP contribution in [-0.2, 0) is 0 Å². The molecule has 54 valence electrons. The van der Waals surface area contributed by atoms with E-state index in [-0.39, 0.29) is 0 Å². The summed E-state index contributed by atoms with van der Waals surface area (Å²) in [6.45, 7) is 1.65. The highest BCUT2D eigenvalue weighted by atomic mass is 35.5. The molecule has 1 heterocycles. The Morgan fingerprint density at radius 2 is 2.30 bits per heavy atom. The number of rotatable bonds is 1. The van der Waals surface area contributed by atoms with Crippen LogP contribution in [0.5, 0.6) is 0 Å². The van der Waals surface area contributed by atoms with Crippen LogP contribution in [0, 0.1) is 0 Å². The Balaban J connectivity index is 2.96. The van der Waals surface area contributed by atoms with Gasteiger partial charge in [-0.25, -0.2) is 4.98 Å². The van der Waals surface area contributed by atoms with Crippen molar-refractivity contribution in [3.8, 4) is 0 Å². The van der Waals surface area contributed by atoms with E-state index in [0.29, 0.717) is 10.8 Å². The van der Waals surface area contributed by atoms with E-state index in [9.17, 15) is 0 Å². The zero-order valence-electron chi connectivity index (χ0n) is 5.58. The largest absolute Gasteiger partial charge is 0.387 e. The van der Waals surface area contributed by atoms with Crippen LogP contribution in [0.4, 0.5) is 0 Å². The number of hydrogen-bond acceptors (Lipinski definition) is 2. The van der Waals surface area contributed by atoms with Crippen molar-refractivity contribution in [1.29, 1.82) is 0 Å². The molecule has 0 aliphatic heterocycles. The highest BCUT2D eigenvalue weighted by molar-refractivity contribution is 6.29. The van der Waals surface area contributed by atoms with Gasteiger partial charge in [0, 0.05) is 0 Å². The molecule has 1 aromatic rings. The Kier molecular flexibility index (Phi) is 2.25. The first-order chi connectivity index (χ1) is 4.70. The first kappa shape index (κ1) is 7.51. The lowest BCUT2D eigenvalue weighted by molar-refractivity contribution is 0.194. The van der Waals surface area contributed by atoms with E-state index in [2.05, 4.69) is 4.98 Å². The third-order valence-electron chi connectivity index (χ3n) is 1.16. The highest BCUT2D eigenvalue weighted by Crippen LogP contribution is 2.11. The number of aliphatic hydroxyl groups is 1. The van der Waals surface area contributed by atoms with Crippen LogP contribution in [0.15, 0.2) is 18.2 Å². The maximum Gasteiger partial charge on any atom is 0.129 e. The first-order valence-corrected chi connectivity index (χ1v) is 3.38. The molecule has 0 aliphatic carbocycles. The fourth-order valence-electron chi connectivity index (χ4n) is 0.657. The van der Waals surface area contributed by atoms with E-state index in [1.54, 1.807) is 25.1 Å². The van der Waals surface area contributed by atoms with Crippen LogP contribution >= 0.6 is 11.6 Å². The Hall–Kier alpha value is -0.600. The number of aliphatic hydroxyl groups excluding tert-OH is 1. The van der Waals surface area contributed by atoms with Gasteiger partial charge in [0.2, 0.25) is 0 Å². The Morgan fingerprint density at radius 3 is 2.70 bits per heavy atom. The molecule has 0 fully saturated rings. The molecule has 1 aromatic heterocycles. The SMILES string of the molecule is C[C@H](O)c1cccc(Cl)n1. The molecule has 0 spiro atoms. The minimum Gasteiger partial charge on any atom is -0.387 e. The predicted molar refractivity (Wildman–Crippen MR) is 39.9 cm³/mol. The van der Waals surface area contributed by atoms with Crippen molar-refractivity contribution < 1.29 is 5.11 Å². The Labute approximate surface area is 64.5 Å². The standard InChI is InChI=1S/C7H8ClNO/c1-5(10)6-3-2-4-7(8)9-6/h2-5,10H,1H3/t5-/m0/s1. The molecule has 2 nitrogen and oxygen atoms in total. The fourth-order valence-corrected chi connectivity index (χ4v) is 0.827. The molecule has 0 saturated carbocycles. The van der Waals surface area contributed by atoms with E-state index in [0.717, 1.165) is 0 Å². The average molecular weight is 158 g/mol. The lowest BCUT2D eigenvalue weighted by Crippen LogP contribution is -1.93. The number of nitrogens with zero attached hydrogens (tertiary/aromatic N) is 1. The second-order valence-corrected chi connectivity index (χ2v) is 2.45. The highest BCUT2D eigenvalue weighted by Gasteiger charge is 2.00. The Bertz CT molecular complexity index is 225.